The molecule has 0 radical (unpaired) electrons. The molecule has 32 heavy (non-hydrogen) atoms. The number of amides is 1. The van der Waals surface area contributed by atoms with Crippen molar-refractivity contribution < 1.29 is 22.8 Å². The SMILES string of the molecule is O=C(NCC1CNCCOC1c1ccc(Cl)c(F)c1)c1cc(-c2noc(=O)[nH]2)ccc1F. The van der Waals surface area contributed by atoms with E-state index in [2.05, 4.69) is 25.3 Å². The highest BCUT2D eigenvalue weighted by molar-refractivity contribution is 6.30. The van der Waals surface area contributed by atoms with Crippen molar-refractivity contribution in [3.05, 3.63) is 74.7 Å². The molecule has 0 aliphatic carbocycles. The Balaban J connectivity index is 1.51. The van der Waals surface area contributed by atoms with Gasteiger partial charge < -0.3 is 15.4 Å². The van der Waals surface area contributed by atoms with Crippen molar-refractivity contribution in [3.63, 3.8) is 0 Å². The van der Waals surface area contributed by atoms with Gasteiger partial charge in [-0.1, -0.05) is 22.8 Å². The minimum Gasteiger partial charge on any atom is -0.372 e. The van der Waals surface area contributed by atoms with Crippen molar-refractivity contribution in [2.75, 3.05) is 26.2 Å². The number of nitrogens with zero attached hydrogens (tertiary/aromatic N) is 1. The van der Waals surface area contributed by atoms with Crippen LogP contribution >= 0.6 is 11.6 Å². The molecule has 2 unspecified atom stereocenters. The van der Waals surface area contributed by atoms with E-state index in [1.54, 1.807) is 6.07 Å². The monoisotopic (exact) mass is 464 g/mol. The maximum absolute atomic E-state index is 14.3. The van der Waals surface area contributed by atoms with Crippen molar-refractivity contribution in [2.24, 2.45) is 5.92 Å². The van der Waals surface area contributed by atoms with Gasteiger partial charge in [0.25, 0.3) is 5.91 Å². The zero-order valence-corrected chi connectivity index (χ0v) is 17.4. The fourth-order valence-electron chi connectivity index (χ4n) is 3.55. The largest absolute Gasteiger partial charge is 0.439 e. The fourth-order valence-corrected chi connectivity index (χ4v) is 3.66. The summed E-state index contributed by atoms with van der Waals surface area (Å²) >= 11 is 5.78. The number of hydrogen-bond donors (Lipinski definition) is 3. The van der Waals surface area contributed by atoms with Gasteiger partial charge in [-0.3, -0.25) is 14.3 Å². The van der Waals surface area contributed by atoms with Gasteiger partial charge in [-0.25, -0.2) is 13.6 Å². The smallest absolute Gasteiger partial charge is 0.372 e. The van der Waals surface area contributed by atoms with Gasteiger partial charge in [-0.15, -0.1) is 0 Å². The van der Waals surface area contributed by atoms with Gasteiger partial charge in [0.05, 0.1) is 23.3 Å². The highest BCUT2D eigenvalue weighted by atomic mass is 35.5. The Morgan fingerprint density at radius 2 is 2.06 bits per heavy atom. The summed E-state index contributed by atoms with van der Waals surface area (Å²) < 4.78 is 38.6. The van der Waals surface area contributed by atoms with E-state index in [4.69, 9.17) is 16.3 Å². The summed E-state index contributed by atoms with van der Waals surface area (Å²) in [6.45, 7) is 1.65. The first kappa shape index (κ1) is 22.1. The number of halogens is 3. The second-order valence-electron chi connectivity index (χ2n) is 7.28. The number of rotatable bonds is 5. The van der Waals surface area contributed by atoms with Gasteiger partial charge in [0.15, 0.2) is 5.82 Å². The van der Waals surface area contributed by atoms with Crippen molar-refractivity contribution >= 4 is 17.5 Å². The molecule has 1 fully saturated rings. The van der Waals surface area contributed by atoms with E-state index >= 15 is 0 Å². The summed E-state index contributed by atoms with van der Waals surface area (Å²) in [6.07, 6.45) is -0.492. The van der Waals surface area contributed by atoms with Gasteiger partial charge in [-0.05, 0) is 35.9 Å². The number of aromatic nitrogens is 2. The van der Waals surface area contributed by atoms with Crippen molar-refractivity contribution in [3.8, 4) is 11.4 Å². The molecule has 1 aliphatic heterocycles. The molecule has 11 heteroatoms. The van der Waals surface area contributed by atoms with Crippen LogP contribution in [0.3, 0.4) is 0 Å². The quantitative estimate of drug-likeness (QED) is 0.535. The van der Waals surface area contributed by atoms with Crippen LogP contribution in [0, 0.1) is 17.6 Å². The highest BCUT2D eigenvalue weighted by Crippen LogP contribution is 2.29. The van der Waals surface area contributed by atoms with Crippen LogP contribution in [-0.4, -0.2) is 42.3 Å². The molecular formula is C21H19ClF2N4O4. The van der Waals surface area contributed by atoms with E-state index in [0.717, 1.165) is 6.07 Å². The number of benzene rings is 2. The lowest BCUT2D eigenvalue weighted by atomic mass is 9.95. The standard InChI is InChI=1S/C21H19ClF2N4O4/c22-15-3-1-11(8-17(15)24)18-13(9-25-5-6-31-18)10-26-20(29)14-7-12(2-4-16(14)23)19-27-21(30)32-28-19/h1-4,7-8,13,18,25H,5-6,9-10H2,(H,26,29)(H,27,28,30). The van der Waals surface area contributed by atoms with E-state index in [1.807, 2.05) is 0 Å². The van der Waals surface area contributed by atoms with Crippen LogP contribution in [0.5, 0.6) is 0 Å². The average Bonchev–Trinajstić information content (AvgIpc) is 3.08. The first-order valence-electron chi connectivity index (χ1n) is 9.84. The van der Waals surface area contributed by atoms with Gasteiger partial charge in [0, 0.05) is 31.1 Å². The summed E-state index contributed by atoms with van der Waals surface area (Å²) in [7, 11) is 0. The molecule has 1 amide bonds. The van der Waals surface area contributed by atoms with Crippen LogP contribution in [0.25, 0.3) is 11.4 Å². The molecule has 0 bridgehead atoms. The summed E-state index contributed by atoms with van der Waals surface area (Å²) in [6, 6.07) is 8.19. The second kappa shape index (κ2) is 9.60. The van der Waals surface area contributed by atoms with Gasteiger partial charge in [0.1, 0.15) is 11.6 Å². The number of aromatic amines is 1. The van der Waals surface area contributed by atoms with Crippen molar-refractivity contribution in [1.82, 2.24) is 20.8 Å². The third-order valence-corrected chi connectivity index (χ3v) is 5.44. The zero-order valence-electron chi connectivity index (χ0n) is 16.7. The number of carbonyl (C=O) groups excluding carboxylic acids is 1. The van der Waals surface area contributed by atoms with Crippen LogP contribution in [0.2, 0.25) is 5.02 Å². The Morgan fingerprint density at radius 1 is 1.22 bits per heavy atom. The predicted molar refractivity (Wildman–Crippen MR) is 111 cm³/mol. The molecule has 1 aromatic heterocycles. The zero-order chi connectivity index (χ0) is 22.7. The molecule has 2 aromatic carbocycles. The minimum absolute atomic E-state index is 0.00848. The van der Waals surface area contributed by atoms with Gasteiger partial charge >= 0.3 is 5.76 Å². The van der Waals surface area contributed by atoms with E-state index in [0.29, 0.717) is 30.8 Å². The molecule has 4 rings (SSSR count). The predicted octanol–water partition coefficient (Wildman–Crippen LogP) is 2.67. The van der Waals surface area contributed by atoms with Crippen LogP contribution in [0.4, 0.5) is 8.78 Å². The molecule has 3 aromatic rings. The summed E-state index contributed by atoms with van der Waals surface area (Å²) in [5, 5.41) is 9.47. The first-order valence-corrected chi connectivity index (χ1v) is 10.2. The lowest BCUT2D eigenvalue weighted by Crippen LogP contribution is -2.36. The number of ether oxygens (including phenoxy) is 1. The Morgan fingerprint density at radius 3 is 2.81 bits per heavy atom. The Labute approximate surface area is 185 Å². The lowest BCUT2D eigenvalue weighted by molar-refractivity contribution is 0.0303. The minimum atomic E-state index is -0.763. The molecule has 3 N–H and O–H groups in total. The number of nitrogens with one attached hydrogen (secondary N) is 3. The fraction of sp³-hybridized carbons (Fsp3) is 0.286. The molecule has 1 saturated heterocycles. The Kier molecular flexibility index (Phi) is 6.63. The van der Waals surface area contributed by atoms with Crippen LogP contribution in [0.1, 0.15) is 22.0 Å². The van der Waals surface area contributed by atoms with Crippen LogP contribution < -0.4 is 16.4 Å². The van der Waals surface area contributed by atoms with Crippen molar-refractivity contribution in [2.45, 2.75) is 6.10 Å². The van der Waals surface area contributed by atoms with Crippen molar-refractivity contribution in [1.29, 1.82) is 0 Å². The van der Waals surface area contributed by atoms with Crippen LogP contribution in [0.15, 0.2) is 45.7 Å². The number of carbonyl (C=O) groups is 1. The third kappa shape index (κ3) is 4.87. The first-order chi connectivity index (χ1) is 15.4. The van der Waals surface area contributed by atoms with Crippen LogP contribution in [-0.2, 0) is 4.74 Å². The number of hydrogen-bond acceptors (Lipinski definition) is 6. The summed E-state index contributed by atoms with van der Waals surface area (Å²) in [4.78, 5) is 26.2. The van der Waals surface area contributed by atoms with Gasteiger partial charge in [0.2, 0.25) is 0 Å². The maximum Gasteiger partial charge on any atom is 0.439 e. The summed E-state index contributed by atoms with van der Waals surface area (Å²) in [5.41, 5.74) is 0.692. The van der Waals surface area contributed by atoms with E-state index in [9.17, 15) is 18.4 Å². The average molecular weight is 465 g/mol. The molecule has 1 aliphatic rings. The third-order valence-electron chi connectivity index (χ3n) is 5.13. The van der Waals surface area contributed by atoms with E-state index in [-0.39, 0.29) is 28.9 Å². The summed E-state index contributed by atoms with van der Waals surface area (Å²) in [5.74, 6) is -2.88. The molecule has 0 spiro atoms. The Hall–Kier alpha value is -3.08. The molecule has 2 atom stereocenters. The highest BCUT2D eigenvalue weighted by Gasteiger charge is 2.28. The molecule has 0 saturated carbocycles. The topological polar surface area (TPSA) is 109 Å². The molecular weight excluding hydrogens is 446 g/mol. The molecule has 8 nitrogen and oxygen atoms in total. The van der Waals surface area contributed by atoms with E-state index < -0.39 is 29.4 Å². The normalized spacial score (nSPS) is 18.8. The Bertz CT molecular complexity index is 1180. The second-order valence-corrected chi connectivity index (χ2v) is 7.68. The lowest BCUT2D eigenvalue weighted by Gasteiger charge is -2.25. The molecule has 2 heterocycles. The number of H-pyrrole nitrogens is 1. The van der Waals surface area contributed by atoms with Gasteiger partial charge in [-0.2, -0.15) is 0 Å². The van der Waals surface area contributed by atoms with E-state index in [1.165, 1.54) is 24.3 Å². The molecule has 168 valence electrons. The maximum atomic E-state index is 14.3.